The van der Waals surface area contributed by atoms with Gasteiger partial charge >= 0.3 is 0 Å². The molecule has 0 fully saturated rings. The number of nitrogens with one attached hydrogen (secondary N) is 2. The van der Waals surface area contributed by atoms with Gasteiger partial charge in [0, 0.05) is 24.6 Å². The van der Waals surface area contributed by atoms with Crippen molar-refractivity contribution in [2.45, 2.75) is 18.9 Å². The Morgan fingerprint density at radius 2 is 1.75 bits per heavy atom. The number of hydrogen-bond donors (Lipinski definition) is 2. The fourth-order valence-corrected chi connectivity index (χ4v) is 3.06. The monoisotopic (exact) mass is 323 g/mol. The molecule has 24 heavy (non-hydrogen) atoms. The van der Waals surface area contributed by atoms with Crippen LogP contribution in [0.4, 0.5) is 0 Å². The number of amides is 2. The molecule has 2 aromatic carbocycles. The number of carbonyl (C=O) groups excluding carboxylic acids is 2. The largest absolute Gasteiger partial charge is 0.299 e. The minimum absolute atomic E-state index is 0.0311. The molecule has 1 aliphatic heterocycles. The second-order valence-corrected chi connectivity index (χ2v) is 6.02. The average molecular weight is 323 g/mol. The Morgan fingerprint density at radius 3 is 2.54 bits per heavy atom. The Hall–Kier alpha value is -2.66. The van der Waals surface area contributed by atoms with Crippen LogP contribution in [-0.2, 0) is 11.2 Å². The molecule has 2 amide bonds. The Morgan fingerprint density at radius 1 is 1.04 bits per heavy atom. The lowest BCUT2D eigenvalue weighted by atomic mass is 9.91. The van der Waals surface area contributed by atoms with Gasteiger partial charge in [0.05, 0.1) is 0 Å². The number of benzene rings is 2. The van der Waals surface area contributed by atoms with Crippen molar-refractivity contribution in [1.82, 2.24) is 15.8 Å². The highest BCUT2D eigenvalue weighted by Gasteiger charge is 2.26. The molecule has 1 aliphatic rings. The highest BCUT2D eigenvalue weighted by Crippen LogP contribution is 2.30. The van der Waals surface area contributed by atoms with E-state index in [0.717, 1.165) is 13.0 Å². The quantitative estimate of drug-likeness (QED) is 0.850. The molecule has 0 spiro atoms. The number of rotatable bonds is 3. The molecule has 2 aromatic rings. The molecular weight excluding hydrogens is 302 g/mol. The van der Waals surface area contributed by atoms with E-state index >= 15 is 0 Å². The summed E-state index contributed by atoms with van der Waals surface area (Å²) in [6.07, 6.45) is 1.30. The number of fused-ring (bicyclic) bond motifs is 1. The minimum atomic E-state index is -0.318. The maximum Gasteiger partial charge on any atom is 0.269 e. The summed E-state index contributed by atoms with van der Waals surface area (Å²) >= 11 is 0. The van der Waals surface area contributed by atoms with Crippen molar-refractivity contribution in [2.24, 2.45) is 0 Å². The van der Waals surface area contributed by atoms with Crippen molar-refractivity contribution in [1.29, 1.82) is 0 Å². The molecule has 1 atom stereocenters. The zero-order valence-electron chi connectivity index (χ0n) is 13.7. The Kier molecular flexibility index (Phi) is 4.91. The van der Waals surface area contributed by atoms with Gasteiger partial charge in [-0.05, 0) is 36.7 Å². The summed E-state index contributed by atoms with van der Waals surface area (Å²) in [5.74, 6) is -0.519. The van der Waals surface area contributed by atoms with Crippen molar-refractivity contribution in [3.63, 3.8) is 0 Å². The Labute approximate surface area is 141 Å². The van der Waals surface area contributed by atoms with Crippen molar-refractivity contribution in [2.75, 3.05) is 13.6 Å². The van der Waals surface area contributed by atoms with Crippen LogP contribution in [-0.4, -0.2) is 30.3 Å². The summed E-state index contributed by atoms with van der Waals surface area (Å²) in [5.41, 5.74) is 7.98. The molecule has 5 heteroatoms. The van der Waals surface area contributed by atoms with E-state index < -0.39 is 0 Å². The van der Waals surface area contributed by atoms with Crippen LogP contribution in [0.5, 0.6) is 0 Å². The third-order valence-electron chi connectivity index (χ3n) is 4.41. The summed E-state index contributed by atoms with van der Waals surface area (Å²) in [6.45, 7) is 0.922. The molecule has 0 bridgehead atoms. The predicted octanol–water partition coefficient (Wildman–Crippen LogP) is 2.07. The molecule has 3 rings (SSSR count). The van der Waals surface area contributed by atoms with Gasteiger partial charge in [0.2, 0.25) is 5.91 Å². The molecule has 2 N–H and O–H groups in total. The first kappa shape index (κ1) is 16.2. The highest BCUT2D eigenvalue weighted by molar-refractivity contribution is 5.95. The molecule has 124 valence electrons. The van der Waals surface area contributed by atoms with E-state index in [1.807, 2.05) is 25.2 Å². The first-order valence-corrected chi connectivity index (χ1v) is 8.07. The molecule has 1 unspecified atom stereocenters. The average Bonchev–Trinajstić information content (AvgIpc) is 2.63. The number of hydrogen-bond acceptors (Lipinski definition) is 3. The molecule has 5 nitrogen and oxygen atoms in total. The Balaban J connectivity index is 1.60. The molecular formula is C19H21N3O2. The highest BCUT2D eigenvalue weighted by atomic mass is 16.2. The molecule has 0 radical (unpaired) electrons. The molecule has 0 saturated heterocycles. The van der Waals surface area contributed by atoms with Gasteiger partial charge in [-0.25, -0.2) is 0 Å². The van der Waals surface area contributed by atoms with Gasteiger partial charge in [-0.3, -0.25) is 25.3 Å². The van der Waals surface area contributed by atoms with Crippen molar-refractivity contribution in [3.8, 4) is 0 Å². The topological polar surface area (TPSA) is 61.4 Å². The molecule has 0 aliphatic carbocycles. The van der Waals surface area contributed by atoms with Crippen LogP contribution < -0.4 is 10.9 Å². The van der Waals surface area contributed by atoms with E-state index in [1.165, 1.54) is 11.1 Å². The van der Waals surface area contributed by atoms with Gasteiger partial charge in [0.25, 0.3) is 5.91 Å². The lowest BCUT2D eigenvalue weighted by Crippen LogP contribution is -2.44. The van der Waals surface area contributed by atoms with Crippen LogP contribution in [0, 0.1) is 0 Å². The van der Waals surface area contributed by atoms with E-state index in [2.05, 4.69) is 27.9 Å². The van der Waals surface area contributed by atoms with Gasteiger partial charge in [0.15, 0.2) is 0 Å². The lowest BCUT2D eigenvalue weighted by Gasteiger charge is -2.34. The number of likely N-dealkylation sites (N-methyl/N-ethyl adjacent to an activating group) is 1. The van der Waals surface area contributed by atoms with Crippen LogP contribution in [0.1, 0.15) is 33.9 Å². The maximum absolute atomic E-state index is 12.2. The second kappa shape index (κ2) is 7.27. The lowest BCUT2D eigenvalue weighted by molar-refractivity contribution is -0.123. The van der Waals surface area contributed by atoms with Crippen LogP contribution >= 0.6 is 0 Å². The zero-order chi connectivity index (χ0) is 16.9. The molecule has 0 aromatic heterocycles. The van der Waals surface area contributed by atoms with Crippen LogP contribution in [0.3, 0.4) is 0 Å². The Bertz CT molecular complexity index is 730. The predicted molar refractivity (Wildman–Crippen MR) is 92.2 cm³/mol. The number of hydrazine groups is 1. The van der Waals surface area contributed by atoms with Crippen molar-refractivity contribution >= 4 is 11.8 Å². The fraction of sp³-hybridized carbons (Fsp3) is 0.263. The van der Waals surface area contributed by atoms with Crippen LogP contribution in [0.15, 0.2) is 54.6 Å². The van der Waals surface area contributed by atoms with E-state index in [4.69, 9.17) is 0 Å². The summed E-state index contributed by atoms with van der Waals surface area (Å²) in [6, 6.07) is 17.1. The van der Waals surface area contributed by atoms with E-state index in [1.54, 1.807) is 24.3 Å². The van der Waals surface area contributed by atoms with Gasteiger partial charge in [0.1, 0.15) is 0 Å². The van der Waals surface area contributed by atoms with Crippen molar-refractivity contribution in [3.05, 3.63) is 71.3 Å². The normalized spacial score (nSPS) is 17.0. The van der Waals surface area contributed by atoms with Gasteiger partial charge in [-0.1, -0.05) is 42.5 Å². The second-order valence-electron chi connectivity index (χ2n) is 6.02. The standard InChI is InChI=1S/C19H21N3O2/c1-22-12-11-14-7-5-6-10-16(14)17(22)13-18(23)20-21-19(24)15-8-3-2-4-9-15/h2-10,17H,11-13H2,1H3,(H,20,23)(H,21,24). The van der Waals surface area contributed by atoms with Crippen LogP contribution in [0.25, 0.3) is 0 Å². The maximum atomic E-state index is 12.2. The first-order valence-electron chi connectivity index (χ1n) is 8.07. The summed E-state index contributed by atoms with van der Waals surface area (Å²) < 4.78 is 0. The summed E-state index contributed by atoms with van der Waals surface area (Å²) in [7, 11) is 2.02. The third kappa shape index (κ3) is 3.63. The van der Waals surface area contributed by atoms with Gasteiger partial charge in [-0.15, -0.1) is 0 Å². The van der Waals surface area contributed by atoms with E-state index in [0.29, 0.717) is 12.0 Å². The number of nitrogens with zero attached hydrogens (tertiary/aromatic N) is 1. The molecule has 1 heterocycles. The number of carbonyl (C=O) groups is 2. The van der Waals surface area contributed by atoms with E-state index in [9.17, 15) is 9.59 Å². The zero-order valence-corrected chi connectivity index (χ0v) is 13.7. The van der Waals surface area contributed by atoms with Crippen molar-refractivity contribution < 1.29 is 9.59 Å². The summed E-state index contributed by atoms with van der Waals surface area (Å²) in [4.78, 5) is 26.4. The van der Waals surface area contributed by atoms with Gasteiger partial charge in [-0.2, -0.15) is 0 Å². The van der Waals surface area contributed by atoms with Gasteiger partial charge < -0.3 is 0 Å². The molecule has 0 saturated carbocycles. The fourth-order valence-electron chi connectivity index (χ4n) is 3.06. The van der Waals surface area contributed by atoms with E-state index in [-0.39, 0.29) is 17.9 Å². The minimum Gasteiger partial charge on any atom is -0.299 e. The van der Waals surface area contributed by atoms with Crippen LogP contribution in [0.2, 0.25) is 0 Å². The smallest absolute Gasteiger partial charge is 0.269 e. The summed E-state index contributed by atoms with van der Waals surface area (Å²) in [5, 5.41) is 0. The third-order valence-corrected chi connectivity index (χ3v) is 4.41. The SMILES string of the molecule is CN1CCc2ccccc2C1CC(=O)NNC(=O)c1ccccc1. The first-order chi connectivity index (χ1) is 11.6.